The van der Waals surface area contributed by atoms with Gasteiger partial charge in [-0.2, -0.15) is 15.0 Å². The number of anilines is 3. The summed E-state index contributed by atoms with van der Waals surface area (Å²) < 4.78 is 0. The maximum absolute atomic E-state index is 11.5. The van der Waals surface area contributed by atoms with Gasteiger partial charge in [-0.3, -0.25) is 4.79 Å². The summed E-state index contributed by atoms with van der Waals surface area (Å²) in [6, 6.07) is 0. The van der Waals surface area contributed by atoms with Crippen molar-refractivity contribution < 1.29 is 4.79 Å². The Bertz CT molecular complexity index is 471. The van der Waals surface area contributed by atoms with E-state index < -0.39 is 0 Å². The van der Waals surface area contributed by atoms with Crippen molar-refractivity contribution in [1.29, 1.82) is 0 Å². The summed E-state index contributed by atoms with van der Waals surface area (Å²) >= 11 is 0. The van der Waals surface area contributed by atoms with E-state index in [4.69, 9.17) is 5.73 Å². The second-order valence-electron chi connectivity index (χ2n) is 4.98. The summed E-state index contributed by atoms with van der Waals surface area (Å²) in [6.07, 6.45) is 2.68. The van der Waals surface area contributed by atoms with E-state index in [1.165, 1.54) is 0 Å². The van der Waals surface area contributed by atoms with Crippen LogP contribution < -0.4 is 16.0 Å². The molecule has 1 aromatic heterocycles. The third kappa shape index (κ3) is 3.69. The van der Waals surface area contributed by atoms with Crippen LogP contribution in [0.4, 0.5) is 17.8 Å². The van der Waals surface area contributed by atoms with Gasteiger partial charge in [-0.05, 0) is 12.8 Å². The van der Waals surface area contributed by atoms with Crippen LogP contribution in [0.5, 0.6) is 0 Å². The van der Waals surface area contributed by atoms with Gasteiger partial charge in [0.15, 0.2) is 0 Å². The SMILES string of the molecule is CN(C)C(=O)CCNc1nc(N)nc(N2CCCC2)n1. The first-order chi connectivity index (χ1) is 9.56. The molecule has 1 aliphatic rings. The number of carbonyl (C=O) groups excluding carboxylic acids is 1. The fourth-order valence-corrected chi connectivity index (χ4v) is 2.02. The zero-order valence-electron chi connectivity index (χ0n) is 12.0. The molecule has 0 saturated carbocycles. The lowest BCUT2D eigenvalue weighted by Crippen LogP contribution is -2.25. The van der Waals surface area contributed by atoms with Crippen LogP contribution in [0.15, 0.2) is 0 Å². The van der Waals surface area contributed by atoms with Gasteiger partial charge in [0.1, 0.15) is 0 Å². The largest absolute Gasteiger partial charge is 0.368 e. The van der Waals surface area contributed by atoms with Gasteiger partial charge in [-0.15, -0.1) is 0 Å². The molecule has 0 unspecified atom stereocenters. The molecule has 1 saturated heterocycles. The maximum atomic E-state index is 11.5. The van der Waals surface area contributed by atoms with Crippen LogP contribution in [0.2, 0.25) is 0 Å². The number of nitrogens with two attached hydrogens (primary N) is 1. The normalized spacial score (nSPS) is 14.4. The summed E-state index contributed by atoms with van der Waals surface area (Å²) in [5.41, 5.74) is 5.70. The van der Waals surface area contributed by atoms with E-state index in [2.05, 4.69) is 25.2 Å². The topological polar surface area (TPSA) is 100 Å². The molecule has 1 amide bonds. The zero-order valence-corrected chi connectivity index (χ0v) is 12.0. The second kappa shape index (κ2) is 6.36. The molecule has 0 radical (unpaired) electrons. The highest BCUT2D eigenvalue weighted by molar-refractivity contribution is 5.76. The molecule has 2 rings (SSSR count). The van der Waals surface area contributed by atoms with Crippen molar-refractivity contribution in [2.24, 2.45) is 0 Å². The van der Waals surface area contributed by atoms with E-state index >= 15 is 0 Å². The molecule has 3 N–H and O–H groups in total. The molecule has 1 fully saturated rings. The Morgan fingerprint density at radius 2 is 2.00 bits per heavy atom. The van der Waals surface area contributed by atoms with Crippen LogP contribution in [0.1, 0.15) is 19.3 Å². The number of rotatable bonds is 5. The van der Waals surface area contributed by atoms with Crippen molar-refractivity contribution in [2.75, 3.05) is 49.7 Å². The minimum absolute atomic E-state index is 0.0549. The van der Waals surface area contributed by atoms with Crippen molar-refractivity contribution in [1.82, 2.24) is 19.9 Å². The molecule has 1 aromatic rings. The lowest BCUT2D eigenvalue weighted by atomic mass is 10.4. The van der Waals surface area contributed by atoms with Gasteiger partial charge < -0.3 is 20.9 Å². The number of nitrogens with zero attached hydrogens (tertiary/aromatic N) is 5. The number of nitrogen functional groups attached to an aromatic ring is 1. The lowest BCUT2D eigenvalue weighted by Gasteiger charge is -2.16. The van der Waals surface area contributed by atoms with Gasteiger partial charge in [0.2, 0.25) is 23.8 Å². The Morgan fingerprint density at radius 1 is 1.30 bits per heavy atom. The van der Waals surface area contributed by atoms with E-state index in [1.807, 2.05) is 0 Å². The summed E-state index contributed by atoms with van der Waals surface area (Å²) in [5.74, 6) is 1.28. The number of hydrogen-bond donors (Lipinski definition) is 2. The number of nitrogens with one attached hydrogen (secondary N) is 1. The molecule has 0 spiro atoms. The second-order valence-corrected chi connectivity index (χ2v) is 4.98. The maximum Gasteiger partial charge on any atom is 0.231 e. The minimum Gasteiger partial charge on any atom is -0.368 e. The quantitative estimate of drug-likeness (QED) is 0.779. The van der Waals surface area contributed by atoms with Crippen molar-refractivity contribution in [3.8, 4) is 0 Å². The van der Waals surface area contributed by atoms with Crippen LogP contribution in [0.25, 0.3) is 0 Å². The fraction of sp³-hybridized carbons (Fsp3) is 0.667. The molecule has 8 nitrogen and oxygen atoms in total. The molecule has 2 heterocycles. The zero-order chi connectivity index (χ0) is 14.5. The highest BCUT2D eigenvalue weighted by atomic mass is 16.2. The van der Waals surface area contributed by atoms with Crippen molar-refractivity contribution in [2.45, 2.75) is 19.3 Å². The first-order valence-electron chi connectivity index (χ1n) is 6.77. The Kier molecular flexibility index (Phi) is 4.54. The first-order valence-corrected chi connectivity index (χ1v) is 6.77. The fourth-order valence-electron chi connectivity index (χ4n) is 2.02. The van der Waals surface area contributed by atoms with Gasteiger partial charge in [0.05, 0.1) is 0 Å². The third-order valence-corrected chi connectivity index (χ3v) is 3.15. The van der Waals surface area contributed by atoms with Gasteiger partial charge in [-0.25, -0.2) is 0 Å². The Morgan fingerprint density at radius 3 is 2.65 bits per heavy atom. The van der Waals surface area contributed by atoms with Gasteiger partial charge in [-0.1, -0.05) is 0 Å². The Balaban J connectivity index is 1.95. The highest BCUT2D eigenvalue weighted by Crippen LogP contribution is 2.17. The van der Waals surface area contributed by atoms with E-state index in [9.17, 15) is 4.79 Å². The highest BCUT2D eigenvalue weighted by Gasteiger charge is 2.16. The molecule has 20 heavy (non-hydrogen) atoms. The first kappa shape index (κ1) is 14.3. The van der Waals surface area contributed by atoms with E-state index in [0.717, 1.165) is 25.9 Å². The number of aromatic nitrogens is 3. The molecule has 0 aromatic carbocycles. The predicted octanol–water partition coefficient (Wildman–Crippen LogP) is -0.0558. The standard InChI is InChI=1S/C12H21N7O/c1-18(2)9(20)5-6-14-11-15-10(13)16-12(17-11)19-7-3-4-8-19/h3-8H2,1-2H3,(H3,13,14,15,16,17). The van der Waals surface area contributed by atoms with Gasteiger partial charge >= 0.3 is 0 Å². The molecule has 0 aliphatic carbocycles. The summed E-state index contributed by atoms with van der Waals surface area (Å²) in [7, 11) is 3.46. The lowest BCUT2D eigenvalue weighted by molar-refractivity contribution is -0.128. The van der Waals surface area contributed by atoms with Gasteiger partial charge in [0, 0.05) is 40.2 Å². The van der Waals surface area contributed by atoms with E-state index in [-0.39, 0.29) is 11.9 Å². The van der Waals surface area contributed by atoms with Crippen molar-refractivity contribution in [3.05, 3.63) is 0 Å². The van der Waals surface area contributed by atoms with Crippen LogP contribution in [0.3, 0.4) is 0 Å². The number of carbonyl (C=O) groups is 1. The molecule has 8 heteroatoms. The van der Waals surface area contributed by atoms with Crippen molar-refractivity contribution in [3.63, 3.8) is 0 Å². The predicted molar refractivity (Wildman–Crippen MR) is 77.5 cm³/mol. The van der Waals surface area contributed by atoms with E-state index in [0.29, 0.717) is 24.9 Å². The monoisotopic (exact) mass is 279 g/mol. The van der Waals surface area contributed by atoms with Gasteiger partial charge in [0.25, 0.3) is 0 Å². The smallest absolute Gasteiger partial charge is 0.231 e. The summed E-state index contributed by atoms with van der Waals surface area (Å²) in [4.78, 5) is 27.7. The molecular weight excluding hydrogens is 258 g/mol. The summed E-state index contributed by atoms with van der Waals surface area (Å²) in [5, 5.41) is 3.02. The molecule has 0 atom stereocenters. The molecule has 0 bridgehead atoms. The average molecular weight is 279 g/mol. The molecular formula is C12H21N7O. The van der Waals surface area contributed by atoms with Crippen LogP contribution in [-0.2, 0) is 4.79 Å². The Labute approximate surface area is 118 Å². The van der Waals surface area contributed by atoms with Crippen LogP contribution in [0, 0.1) is 0 Å². The third-order valence-electron chi connectivity index (χ3n) is 3.15. The van der Waals surface area contributed by atoms with Crippen LogP contribution >= 0.6 is 0 Å². The average Bonchev–Trinajstić information content (AvgIpc) is 2.91. The molecule has 110 valence electrons. The molecule has 1 aliphatic heterocycles. The van der Waals surface area contributed by atoms with E-state index in [1.54, 1.807) is 19.0 Å². The Hall–Kier alpha value is -2.12. The number of hydrogen-bond acceptors (Lipinski definition) is 7. The minimum atomic E-state index is 0.0549. The van der Waals surface area contributed by atoms with Crippen LogP contribution in [-0.4, -0.2) is 59.5 Å². The van der Waals surface area contributed by atoms with Crippen molar-refractivity contribution >= 4 is 23.8 Å². The summed E-state index contributed by atoms with van der Waals surface area (Å²) in [6.45, 7) is 2.37. The number of amides is 1.